The van der Waals surface area contributed by atoms with Crippen molar-refractivity contribution < 1.29 is 4.79 Å². The second-order valence-corrected chi connectivity index (χ2v) is 8.09. The topological polar surface area (TPSA) is 53.4 Å². The molecule has 1 saturated heterocycles. The smallest absolute Gasteiger partial charge is 0.271 e. The van der Waals surface area contributed by atoms with Gasteiger partial charge in [0.25, 0.3) is 5.91 Å². The summed E-state index contributed by atoms with van der Waals surface area (Å²) in [6, 6.07) is 10.2. The molecule has 3 heterocycles. The lowest BCUT2D eigenvalue weighted by molar-refractivity contribution is 0.0932. The van der Waals surface area contributed by atoms with Crippen molar-refractivity contribution in [2.45, 2.75) is 39.2 Å². The van der Waals surface area contributed by atoms with E-state index in [2.05, 4.69) is 38.7 Å². The highest BCUT2D eigenvalue weighted by Crippen LogP contribution is 2.27. The van der Waals surface area contributed by atoms with Gasteiger partial charge in [0.15, 0.2) is 0 Å². The van der Waals surface area contributed by atoms with Crippen molar-refractivity contribution in [3.05, 3.63) is 41.7 Å². The summed E-state index contributed by atoms with van der Waals surface area (Å²) in [5, 5.41) is 3.14. The number of rotatable bonds is 6. The quantitative estimate of drug-likeness (QED) is 0.817. The average molecular weight is 396 g/mol. The maximum atomic E-state index is 13.0. The monoisotopic (exact) mass is 395 g/mol. The van der Waals surface area contributed by atoms with Crippen molar-refractivity contribution >= 4 is 5.91 Å². The van der Waals surface area contributed by atoms with E-state index in [1.807, 2.05) is 18.2 Å². The summed E-state index contributed by atoms with van der Waals surface area (Å²) in [6.07, 6.45) is 4.41. The largest absolute Gasteiger partial charge is 0.349 e. The van der Waals surface area contributed by atoms with Gasteiger partial charge in [0.2, 0.25) is 0 Å². The molecular formula is C23H33N5O. The highest BCUT2D eigenvalue weighted by molar-refractivity contribution is 5.94. The Hall–Kier alpha value is -2.18. The summed E-state index contributed by atoms with van der Waals surface area (Å²) < 4.78 is 2.28. The summed E-state index contributed by atoms with van der Waals surface area (Å²) in [4.78, 5) is 22.7. The van der Waals surface area contributed by atoms with Gasteiger partial charge in [-0.25, -0.2) is 4.98 Å². The average Bonchev–Trinajstić information content (AvgIpc) is 2.96. The van der Waals surface area contributed by atoms with Crippen LogP contribution in [0.25, 0.3) is 11.4 Å². The number of benzene rings is 1. The molecule has 1 aromatic heterocycles. The Morgan fingerprint density at radius 3 is 2.52 bits per heavy atom. The molecule has 0 spiro atoms. The number of carbonyl (C=O) groups is 1. The number of nitrogens with zero attached hydrogens (tertiary/aromatic N) is 4. The van der Waals surface area contributed by atoms with E-state index in [0.717, 1.165) is 82.2 Å². The SMILES string of the molecule is CCN1CCN(CCNC(=O)c2nc(-c3ccccc3)n3c2CCCCC3)CC1. The number of fused-ring (bicyclic) bond motifs is 1. The molecule has 156 valence electrons. The molecule has 0 atom stereocenters. The normalized spacial score (nSPS) is 18.2. The van der Waals surface area contributed by atoms with E-state index < -0.39 is 0 Å². The van der Waals surface area contributed by atoms with Gasteiger partial charge in [-0.15, -0.1) is 0 Å². The maximum absolute atomic E-state index is 13.0. The zero-order valence-corrected chi connectivity index (χ0v) is 17.6. The Morgan fingerprint density at radius 1 is 1.00 bits per heavy atom. The lowest BCUT2D eigenvalue weighted by Gasteiger charge is -2.33. The number of amides is 1. The van der Waals surface area contributed by atoms with Crippen LogP contribution < -0.4 is 5.32 Å². The van der Waals surface area contributed by atoms with Crippen LogP contribution in [0.15, 0.2) is 30.3 Å². The van der Waals surface area contributed by atoms with Crippen molar-refractivity contribution in [1.29, 1.82) is 0 Å². The van der Waals surface area contributed by atoms with Crippen LogP contribution in [0, 0.1) is 0 Å². The fourth-order valence-corrected chi connectivity index (χ4v) is 4.45. The van der Waals surface area contributed by atoms with Crippen LogP contribution in [0.4, 0.5) is 0 Å². The molecule has 0 saturated carbocycles. The zero-order valence-electron chi connectivity index (χ0n) is 17.6. The Labute approximate surface area is 173 Å². The van der Waals surface area contributed by atoms with Gasteiger partial charge in [0.1, 0.15) is 11.5 Å². The minimum atomic E-state index is -0.0231. The minimum absolute atomic E-state index is 0.0231. The lowest BCUT2D eigenvalue weighted by Crippen LogP contribution is -2.48. The number of carbonyl (C=O) groups excluding carboxylic acids is 1. The van der Waals surface area contributed by atoms with Crippen molar-refractivity contribution in [2.75, 3.05) is 45.8 Å². The number of hydrogen-bond donors (Lipinski definition) is 1. The first kappa shape index (κ1) is 20.1. The summed E-state index contributed by atoms with van der Waals surface area (Å²) in [6.45, 7) is 10.3. The number of hydrogen-bond acceptors (Lipinski definition) is 4. The molecule has 2 aliphatic rings. The Balaban J connectivity index is 1.43. The highest BCUT2D eigenvalue weighted by atomic mass is 16.1. The van der Waals surface area contributed by atoms with E-state index in [0.29, 0.717) is 12.2 Å². The van der Waals surface area contributed by atoms with Crippen LogP contribution in [-0.2, 0) is 13.0 Å². The molecular weight excluding hydrogens is 362 g/mol. The maximum Gasteiger partial charge on any atom is 0.271 e. The number of likely N-dealkylation sites (N-methyl/N-ethyl adjacent to an activating group) is 1. The first-order chi connectivity index (χ1) is 14.3. The molecule has 0 radical (unpaired) electrons. The molecule has 0 bridgehead atoms. The first-order valence-corrected chi connectivity index (χ1v) is 11.1. The summed E-state index contributed by atoms with van der Waals surface area (Å²) in [5.41, 5.74) is 2.82. The number of aromatic nitrogens is 2. The van der Waals surface area contributed by atoms with Gasteiger partial charge in [-0.05, 0) is 25.8 Å². The van der Waals surface area contributed by atoms with Gasteiger partial charge in [0.05, 0.1) is 5.69 Å². The third-order valence-corrected chi connectivity index (χ3v) is 6.24. The lowest BCUT2D eigenvalue weighted by atomic mass is 10.1. The molecule has 2 aliphatic heterocycles. The highest BCUT2D eigenvalue weighted by Gasteiger charge is 2.24. The van der Waals surface area contributed by atoms with E-state index >= 15 is 0 Å². The summed E-state index contributed by atoms with van der Waals surface area (Å²) >= 11 is 0. The van der Waals surface area contributed by atoms with Crippen molar-refractivity contribution in [3.63, 3.8) is 0 Å². The predicted molar refractivity (Wildman–Crippen MR) is 116 cm³/mol. The van der Waals surface area contributed by atoms with Crippen molar-refractivity contribution in [3.8, 4) is 11.4 Å². The predicted octanol–water partition coefficient (Wildman–Crippen LogP) is 2.64. The molecule has 4 rings (SSSR count). The van der Waals surface area contributed by atoms with E-state index in [1.54, 1.807) is 0 Å². The molecule has 29 heavy (non-hydrogen) atoms. The van der Waals surface area contributed by atoms with E-state index in [4.69, 9.17) is 4.98 Å². The standard InChI is InChI=1S/C23H33N5O/c1-2-26-15-17-27(18-16-26)14-12-24-23(29)21-20-11-7-4-8-13-28(20)22(25-21)19-9-5-3-6-10-19/h3,5-6,9-10H,2,4,7-8,11-18H2,1H3,(H,24,29). The van der Waals surface area contributed by atoms with Crippen LogP contribution in [0.5, 0.6) is 0 Å². The van der Waals surface area contributed by atoms with E-state index in [-0.39, 0.29) is 5.91 Å². The van der Waals surface area contributed by atoms with Gasteiger partial charge in [-0.3, -0.25) is 9.69 Å². The van der Waals surface area contributed by atoms with Gasteiger partial charge >= 0.3 is 0 Å². The second kappa shape index (κ2) is 9.55. The van der Waals surface area contributed by atoms with Gasteiger partial charge in [-0.2, -0.15) is 0 Å². The minimum Gasteiger partial charge on any atom is -0.349 e. The molecule has 2 aromatic rings. The number of nitrogens with one attached hydrogen (secondary N) is 1. The Bertz CT molecular complexity index is 808. The number of imidazole rings is 1. The Morgan fingerprint density at radius 2 is 1.76 bits per heavy atom. The molecule has 1 fully saturated rings. The molecule has 1 N–H and O–H groups in total. The van der Waals surface area contributed by atoms with Crippen molar-refractivity contribution in [2.24, 2.45) is 0 Å². The third-order valence-electron chi connectivity index (χ3n) is 6.24. The van der Waals surface area contributed by atoms with Crippen LogP contribution in [0.1, 0.15) is 42.4 Å². The first-order valence-electron chi connectivity index (χ1n) is 11.1. The van der Waals surface area contributed by atoms with Crippen LogP contribution in [-0.4, -0.2) is 71.1 Å². The van der Waals surface area contributed by atoms with Gasteiger partial charge < -0.3 is 14.8 Å². The van der Waals surface area contributed by atoms with E-state index in [9.17, 15) is 4.79 Å². The summed E-state index contributed by atoms with van der Waals surface area (Å²) in [7, 11) is 0. The molecule has 0 unspecified atom stereocenters. The fourth-order valence-electron chi connectivity index (χ4n) is 4.45. The number of piperazine rings is 1. The van der Waals surface area contributed by atoms with Gasteiger partial charge in [0, 0.05) is 51.4 Å². The Kier molecular flexibility index (Phi) is 6.62. The molecule has 0 aliphatic carbocycles. The zero-order chi connectivity index (χ0) is 20.1. The van der Waals surface area contributed by atoms with Crippen LogP contribution in [0.3, 0.4) is 0 Å². The fraction of sp³-hybridized carbons (Fsp3) is 0.565. The molecule has 6 heteroatoms. The van der Waals surface area contributed by atoms with Crippen molar-refractivity contribution in [1.82, 2.24) is 24.7 Å². The molecule has 1 aromatic carbocycles. The van der Waals surface area contributed by atoms with Gasteiger partial charge in [-0.1, -0.05) is 43.7 Å². The second-order valence-electron chi connectivity index (χ2n) is 8.09. The van der Waals surface area contributed by atoms with Crippen LogP contribution in [0.2, 0.25) is 0 Å². The molecule has 1 amide bonds. The van der Waals surface area contributed by atoms with Crippen LogP contribution >= 0.6 is 0 Å². The summed E-state index contributed by atoms with van der Waals surface area (Å²) in [5.74, 6) is 0.911. The van der Waals surface area contributed by atoms with E-state index in [1.165, 1.54) is 6.42 Å². The molecule has 6 nitrogen and oxygen atoms in total. The third kappa shape index (κ3) is 4.70.